The molecule has 0 saturated heterocycles. The molecule has 0 radical (unpaired) electrons. The standard InChI is InChI=1S/C15H15NO2/c1-9-4-5-10(2)15-14(9)11(3)8-12(16-15)6-7-13(17)18/h4-8H,1-3H3,(H,17,18)/b7-6+. The van der Waals surface area contributed by atoms with E-state index in [1.165, 1.54) is 11.6 Å². The van der Waals surface area contributed by atoms with Gasteiger partial charge in [0.15, 0.2) is 0 Å². The highest BCUT2D eigenvalue weighted by Crippen LogP contribution is 2.24. The number of rotatable bonds is 2. The Hall–Kier alpha value is -2.16. The fourth-order valence-corrected chi connectivity index (χ4v) is 2.14. The summed E-state index contributed by atoms with van der Waals surface area (Å²) in [6.07, 6.45) is 2.63. The predicted molar refractivity (Wildman–Crippen MR) is 72.6 cm³/mol. The zero-order valence-corrected chi connectivity index (χ0v) is 10.7. The van der Waals surface area contributed by atoms with Crippen LogP contribution in [0.3, 0.4) is 0 Å². The third-order valence-electron chi connectivity index (χ3n) is 2.98. The maximum atomic E-state index is 10.5. The predicted octanol–water partition coefficient (Wildman–Crippen LogP) is 3.26. The highest BCUT2D eigenvalue weighted by molar-refractivity contribution is 5.90. The lowest BCUT2D eigenvalue weighted by Gasteiger charge is -2.09. The van der Waals surface area contributed by atoms with Crippen LogP contribution in [0, 0.1) is 20.8 Å². The molecule has 1 heterocycles. The van der Waals surface area contributed by atoms with Crippen LogP contribution in [-0.4, -0.2) is 16.1 Å². The number of nitrogens with zero attached hydrogens (tertiary/aromatic N) is 1. The van der Waals surface area contributed by atoms with Crippen LogP contribution in [0.1, 0.15) is 22.4 Å². The van der Waals surface area contributed by atoms with Crippen molar-refractivity contribution in [3.05, 3.63) is 46.7 Å². The van der Waals surface area contributed by atoms with Gasteiger partial charge in [0.05, 0.1) is 11.2 Å². The van der Waals surface area contributed by atoms with Gasteiger partial charge in [0.2, 0.25) is 0 Å². The van der Waals surface area contributed by atoms with Crippen molar-refractivity contribution >= 4 is 22.9 Å². The first-order chi connectivity index (χ1) is 8.49. The van der Waals surface area contributed by atoms with Crippen LogP contribution in [0.2, 0.25) is 0 Å². The molecule has 2 aromatic rings. The van der Waals surface area contributed by atoms with Gasteiger partial charge in [-0.1, -0.05) is 12.1 Å². The minimum atomic E-state index is -0.962. The number of carbonyl (C=O) groups is 1. The van der Waals surface area contributed by atoms with Gasteiger partial charge in [0.1, 0.15) is 0 Å². The van der Waals surface area contributed by atoms with Crippen LogP contribution in [0.15, 0.2) is 24.3 Å². The van der Waals surface area contributed by atoms with Gasteiger partial charge in [0, 0.05) is 11.5 Å². The van der Waals surface area contributed by atoms with Crippen LogP contribution in [0.4, 0.5) is 0 Å². The molecule has 0 spiro atoms. The molecule has 0 unspecified atom stereocenters. The van der Waals surface area contributed by atoms with E-state index in [1.54, 1.807) is 0 Å². The number of aromatic nitrogens is 1. The number of benzene rings is 1. The Bertz CT molecular complexity index is 657. The molecule has 0 aliphatic heterocycles. The lowest BCUT2D eigenvalue weighted by Crippen LogP contribution is -1.93. The van der Waals surface area contributed by atoms with Gasteiger partial charge in [-0.15, -0.1) is 0 Å². The Kier molecular flexibility index (Phi) is 3.15. The van der Waals surface area contributed by atoms with Crippen molar-refractivity contribution in [2.75, 3.05) is 0 Å². The molecule has 0 fully saturated rings. The molecule has 18 heavy (non-hydrogen) atoms. The molecule has 3 nitrogen and oxygen atoms in total. The van der Waals surface area contributed by atoms with Crippen LogP contribution in [0.5, 0.6) is 0 Å². The van der Waals surface area contributed by atoms with E-state index >= 15 is 0 Å². The summed E-state index contributed by atoms with van der Waals surface area (Å²) in [5.74, 6) is -0.962. The fraction of sp³-hybridized carbons (Fsp3) is 0.200. The van der Waals surface area contributed by atoms with Gasteiger partial charge in [0.25, 0.3) is 0 Å². The van der Waals surface area contributed by atoms with Crippen LogP contribution in [-0.2, 0) is 4.79 Å². The Morgan fingerprint density at radius 1 is 1.17 bits per heavy atom. The summed E-state index contributed by atoms with van der Waals surface area (Å²) in [7, 11) is 0. The van der Waals surface area contributed by atoms with E-state index in [0.29, 0.717) is 5.69 Å². The molecule has 2 rings (SSSR count). The molecule has 92 valence electrons. The van der Waals surface area contributed by atoms with Gasteiger partial charge in [-0.05, 0) is 49.6 Å². The first kappa shape index (κ1) is 12.3. The largest absolute Gasteiger partial charge is 0.478 e. The molecular formula is C15H15NO2. The van der Waals surface area contributed by atoms with Crippen molar-refractivity contribution in [3.8, 4) is 0 Å². The molecule has 0 aliphatic carbocycles. The van der Waals surface area contributed by atoms with E-state index in [0.717, 1.165) is 28.1 Å². The van der Waals surface area contributed by atoms with Crippen molar-refractivity contribution in [1.29, 1.82) is 0 Å². The number of carboxylic acids is 1. The van der Waals surface area contributed by atoms with Gasteiger partial charge in [-0.2, -0.15) is 0 Å². The zero-order chi connectivity index (χ0) is 13.3. The van der Waals surface area contributed by atoms with Gasteiger partial charge in [-0.25, -0.2) is 9.78 Å². The van der Waals surface area contributed by atoms with Crippen molar-refractivity contribution < 1.29 is 9.90 Å². The van der Waals surface area contributed by atoms with Crippen molar-refractivity contribution in [2.45, 2.75) is 20.8 Å². The quantitative estimate of drug-likeness (QED) is 0.821. The molecule has 1 aromatic heterocycles. The molecule has 3 heteroatoms. The molecular weight excluding hydrogens is 226 g/mol. The number of hydrogen-bond donors (Lipinski definition) is 1. The molecule has 0 amide bonds. The third-order valence-corrected chi connectivity index (χ3v) is 2.98. The fourth-order valence-electron chi connectivity index (χ4n) is 2.14. The van der Waals surface area contributed by atoms with E-state index in [2.05, 4.69) is 18.0 Å². The van der Waals surface area contributed by atoms with E-state index in [1.807, 2.05) is 26.0 Å². The minimum Gasteiger partial charge on any atom is -0.478 e. The summed E-state index contributed by atoms with van der Waals surface area (Å²) in [5, 5.41) is 9.80. The SMILES string of the molecule is Cc1ccc(C)c2c(C)cc(/C=C/C(=O)O)nc12. The van der Waals surface area contributed by atoms with Crippen molar-refractivity contribution in [3.63, 3.8) is 0 Å². The van der Waals surface area contributed by atoms with E-state index < -0.39 is 5.97 Å². The number of fused-ring (bicyclic) bond motifs is 1. The lowest BCUT2D eigenvalue weighted by atomic mass is 10.0. The van der Waals surface area contributed by atoms with E-state index in [9.17, 15) is 4.79 Å². The second-order valence-electron chi connectivity index (χ2n) is 4.46. The third kappa shape index (κ3) is 2.25. The topological polar surface area (TPSA) is 50.2 Å². The molecule has 1 aromatic carbocycles. The van der Waals surface area contributed by atoms with Gasteiger partial charge < -0.3 is 5.11 Å². The average molecular weight is 241 g/mol. The Labute approximate surface area is 106 Å². The summed E-state index contributed by atoms with van der Waals surface area (Å²) < 4.78 is 0. The summed E-state index contributed by atoms with van der Waals surface area (Å²) in [4.78, 5) is 15.0. The maximum Gasteiger partial charge on any atom is 0.328 e. The molecule has 0 saturated carbocycles. The minimum absolute atomic E-state index is 0.677. The van der Waals surface area contributed by atoms with Crippen molar-refractivity contribution in [1.82, 2.24) is 4.98 Å². The molecule has 0 atom stereocenters. The molecule has 1 N–H and O–H groups in total. The Morgan fingerprint density at radius 3 is 2.50 bits per heavy atom. The molecule has 0 aliphatic rings. The first-order valence-electron chi connectivity index (χ1n) is 5.77. The summed E-state index contributed by atoms with van der Waals surface area (Å²) in [6.45, 7) is 6.09. The van der Waals surface area contributed by atoms with Crippen LogP contribution < -0.4 is 0 Å². The number of aryl methyl sites for hydroxylation is 3. The average Bonchev–Trinajstić information content (AvgIpc) is 2.31. The summed E-state index contributed by atoms with van der Waals surface area (Å²) in [5.41, 5.74) is 5.03. The highest BCUT2D eigenvalue weighted by Gasteiger charge is 2.06. The molecule has 0 bridgehead atoms. The Balaban J connectivity index is 2.69. The highest BCUT2D eigenvalue weighted by atomic mass is 16.4. The maximum absolute atomic E-state index is 10.5. The normalized spacial score (nSPS) is 11.3. The number of hydrogen-bond acceptors (Lipinski definition) is 2. The first-order valence-corrected chi connectivity index (χ1v) is 5.77. The monoisotopic (exact) mass is 241 g/mol. The van der Waals surface area contributed by atoms with Crippen molar-refractivity contribution in [2.24, 2.45) is 0 Å². The smallest absolute Gasteiger partial charge is 0.328 e. The Morgan fingerprint density at radius 2 is 1.83 bits per heavy atom. The van der Waals surface area contributed by atoms with Gasteiger partial charge >= 0.3 is 5.97 Å². The lowest BCUT2D eigenvalue weighted by molar-refractivity contribution is -0.131. The summed E-state index contributed by atoms with van der Waals surface area (Å²) in [6, 6.07) is 6.03. The second kappa shape index (κ2) is 4.61. The number of aliphatic carboxylic acids is 1. The van der Waals surface area contributed by atoms with Gasteiger partial charge in [-0.3, -0.25) is 0 Å². The second-order valence-corrected chi connectivity index (χ2v) is 4.46. The summed E-state index contributed by atoms with van der Waals surface area (Å²) >= 11 is 0. The van der Waals surface area contributed by atoms with Crippen LogP contribution >= 0.6 is 0 Å². The number of pyridine rings is 1. The van der Waals surface area contributed by atoms with E-state index in [4.69, 9.17) is 5.11 Å². The van der Waals surface area contributed by atoms with E-state index in [-0.39, 0.29) is 0 Å². The van der Waals surface area contributed by atoms with Crippen LogP contribution in [0.25, 0.3) is 17.0 Å². The zero-order valence-electron chi connectivity index (χ0n) is 10.7. The number of carboxylic acid groups (broad SMARTS) is 1.